The number of hydrogen-bond donors (Lipinski definition) is 2. The van der Waals surface area contributed by atoms with Crippen molar-refractivity contribution in [2.75, 3.05) is 11.5 Å². The molecule has 0 atom stereocenters. The summed E-state index contributed by atoms with van der Waals surface area (Å²) in [5.74, 6) is 0.0906. The minimum atomic E-state index is -0.666. The second-order valence-corrected chi connectivity index (χ2v) is 13.1. The van der Waals surface area contributed by atoms with Crippen molar-refractivity contribution in [1.82, 2.24) is 48.2 Å². The number of nitrogen functional groups attached to an aromatic ring is 2. The van der Waals surface area contributed by atoms with Crippen LogP contribution in [0.15, 0.2) is 172 Å². The Balaban J connectivity index is 0.000000123. The highest BCUT2D eigenvalue weighted by Crippen LogP contribution is 2.37. The van der Waals surface area contributed by atoms with Crippen LogP contribution in [0.25, 0.3) is 65.8 Å². The summed E-state index contributed by atoms with van der Waals surface area (Å²) in [4.78, 5) is 48.7. The van der Waals surface area contributed by atoms with Crippen molar-refractivity contribution in [3.8, 4) is 11.6 Å². The highest BCUT2D eigenvalue weighted by molar-refractivity contribution is 6.36. The number of rotatable bonds is 2. The van der Waals surface area contributed by atoms with Gasteiger partial charge in [0.15, 0.2) is 11.6 Å². The maximum atomic E-state index is 11.4. The maximum Gasteiger partial charge on any atom is 0.322 e. The number of nitrogens with zero attached hydrogens (tertiary/aromatic N) is 10. The largest absolute Gasteiger partial charge is 0.397 e. The Kier molecular flexibility index (Phi) is 9.08. The normalized spacial score (nSPS) is 11.0. The summed E-state index contributed by atoms with van der Waals surface area (Å²) in [5.41, 5.74) is 15.2. The summed E-state index contributed by atoms with van der Waals surface area (Å²) >= 11 is 0. The molecule has 11 rings (SSSR count). The van der Waals surface area contributed by atoms with E-state index in [1.165, 1.54) is 48.2 Å². The van der Waals surface area contributed by atoms with Crippen LogP contribution < -0.4 is 11.5 Å². The predicted molar refractivity (Wildman–Crippen MR) is 225 cm³/mol. The molecule has 0 saturated heterocycles. The third-order valence-corrected chi connectivity index (χ3v) is 9.69. The van der Waals surface area contributed by atoms with Crippen LogP contribution in [0, 0.1) is 0 Å². The third-order valence-electron chi connectivity index (χ3n) is 9.69. The number of aromatic nitrogens is 10. The molecule has 0 aliphatic rings. The Morgan fingerprint density at radius 1 is 0.397 bits per heavy atom. The highest BCUT2D eigenvalue weighted by Gasteiger charge is 2.18. The Morgan fingerprint density at radius 2 is 0.707 bits per heavy atom. The van der Waals surface area contributed by atoms with Crippen LogP contribution in [-0.4, -0.2) is 60.0 Å². The number of fused-ring (bicyclic) bond motifs is 9. The van der Waals surface area contributed by atoms with Gasteiger partial charge in [-0.05, 0) is 21.5 Å². The summed E-state index contributed by atoms with van der Waals surface area (Å²) in [6.45, 7) is 0. The van der Waals surface area contributed by atoms with E-state index in [1.807, 2.05) is 70.1 Å². The van der Waals surface area contributed by atoms with Gasteiger partial charge in [0, 0.05) is 71.1 Å². The Bertz CT molecular complexity index is 3010. The maximum absolute atomic E-state index is 11.4. The van der Waals surface area contributed by atoms with Crippen molar-refractivity contribution >= 4 is 77.3 Å². The second kappa shape index (κ2) is 15.0. The van der Waals surface area contributed by atoms with Gasteiger partial charge in [-0.25, -0.2) is 29.9 Å². The minimum Gasteiger partial charge on any atom is -0.397 e. The highest BCUT2D eigenvalue weighted by atomic mass is 16.2. The molecule has 11 aromatic rings. The average molecular weight is 761 g/mol. The lowest BCUT2D eigenvalue weighted by molar-refractivity contribution is 0.0716. The van der Waals surface area contributed by atoms with Gasteiger partial charge < -0.3 is 11.5 Å². The van der Waals surface area contributed by atoms with E-state index < -0.39 is 11.8 Å². The first kappa shape index (κ1) is 35.2. The first-order valence-corrected chi connectivity index (χ1v) is 18.0. The standard InChI is InChI=1S/C22H14N6.C14H12N2.C8H6N4O2/c1-3-7-17-15(5-1)16-6-2-4-8-18(16)20-19(17)25-21(27-11-9-23-13-27)22(26-20)28-12-10-24-14-28;15-13-11-7-3-1-5-9(11)10-6-2-4-8-12(10)14(13)16;13-7(11-3-1-9-5-11)8(14)12-4-2-10-6-12/h1-14H;1-8H,15-16H2;1-6H. The van der Waals surface area contributed by atoms with Crippen molar-refractivity contribution in [1.29, 1.82) is 0 Å². The first-order valence-electron chi connectivity index (χ1n) is 18.0. The van der Waals surface area contributed by atoms with Crippen molar-refractivity contribution in [2.45, 2.75) is 0 Å². The number of carbonyl (C=O) groups is 2. The number of nitrogens with two attached hydrogens (primary N) is 2. The van der Waals surface area contributed by atoms with Gasteiger partial charge in [0.05, 0.1) is 22.4 Å². The van der Waals surface area contributed by atoms with Crippen LogP contribution in [-0.2, 0) is 0 Å². The van der Waals surface area contributed by atoms with Crippen molar-refractivity contribution in [2.24, 2.45) is 0 Å². The molecule has 6 aromatic carbocycles. The van der Waals surface area contributed by atoms with Crippen LogP contribution >= 0.6 is 0 Å². The van der Waals surface area contributed by atoms with Crippen LogP contribution in [0.4, 0.5) is 11.4 Å². The zero-order valence-corrected chi connectivity index (χ0v) is 30.6. The molecule has 0 aliphatic carbocycles. The van der Waals surface area contributed by atoms with E-state index in [4.69, 9.17) is 21.4 Å². The van der Waals surface area contributed by atoms with Gasteiger partial charge in [-0.15, -0.1) is 0 Å². The van der Waals surface area contributed by atoms with Crippen LogP contribution in [0.1, 0.15) is 9.59 Å². The number of benzene rings is 6. The number of carbonyl (C=O) groups excluding carboxylic acids is 2. The molecule has 0 fully saturated rings. The molecule has 58 heavy (non-hydrogen) atoms. The van der Waals surface area contributed by atoms with E-state index in [2.05, 4.69) is 68.5 Å². The zero-order chi connectivity index (χ0) is 39.6. The lowest BCUT2D eigenvalue weighted by Crippen LogP contribution is -2.25. The van der Waals surface area contributed by atoms with Gasteiger partial charge in [-0.3, -0.25) is 27.9 Å². The molecular formula is C44H32N12O2. The lowest BCUT2D eigenvalue weighted by Gasteiger charge is -2.14. The summed E-state index contributed by atoms with van der Waals surface area (Å²) in [5, 5.41) is 8.88. The summed E-state index contributed by atoms with van der Waals surface area (Å²) in [6, 6.07) is 32.9. The molecule has 0 aliphatic heterocycles. The van der Waals surface area contributed by atoms with Crippen molar-refractivity contribution in [3.63, 3.8) is 0 Å². The molecule has 0 spiro atoms. The molecule has 0 unspecified atom stereocenters. The molecule has 0 amide bonds. The molecule has 4 N–H and O–H groups in total. The molecule has 14 heteroatoms. The Labute approximate surface area is 329 Å². The van der Waals surface area contributed by atoms with Crippen LogP contribution in [0.2, 0.25) is 0 Å². The van der Waals surface area contributed by atoms with Crippen LogP contribution in [0.3, 0.4) is 0 Å². The molecule has 280 valence electrons. The van der Waals surface area contributed by atoms with E-state index in [9.17, 15) is 9.59 Å². The fourth-order valence-electron chi connectivity index (χ4n) is 6.93. The van der Waals surface area contributed by atoms with Gasteiger partial charge in [0.2, 0.25) is 0 Å². The number of hydrogen-bond acceptors (Lipinski definition) is 10. The van der Waals surface area contributed by atoms with E-state index >= 15 is 0 Å². The smallest absolute Gasteiger partial charge is 0.322 e. The molecule has 5 aromatic heterocycles. The van der Waals surface area contributed by atoms with E-state index in [0.717, 1.165) is 52.5 Å². The second-order valence-electron chi connectivity index (χ2n) is 13.1. The number of anilines is 2. The van der Waals surface area contributed by atoms with Gasteiger partial charge >= 0.3 is 11.8 Å². The van der Waals surface area contributed by atoms with E-state index in [-0.39, 0.29) is 0 Å². The topological polar surface area (TPSA) is 183 Å². The lowest BCUT2D eigenvalue weighted by atomic mass is 9.99. The van der Waals surface area contributed by atoms with Crippen molar-refractivity contribution < 1.29 is 9.59 Å². The predicted octanol–water partition coefficient (Wildman–Crippen LogP) is 7.53. The fourth-order valence-corrected chi connectivity index (χ4v) is 6.93. The molecule has 14 nitrogen and oxygen atoms in total. The summed E-state index contributed by atoms with van der Waals surface area (Å²) in [7, 11) is 0. The van der Waals surface area contributed by atoms with Gasteiger partial charge in [0.1, 0.15) is 25.3 Å². The quantitative estimate of drug-likeness (QED) is 0.0773. The van der Waals surface area contributed by atoms with Crippen LogP contribution in [0.5, 0.6) is 0 Å². The van der Waals surface area contributed by atoms with E-state index in [1.54, 1.807) is 25.0 Å². The first-order chi connectivity index (χ1) is 28.5. The fraction of sp³-hybridized carbons (Fsp3) is 0. The summed E-state index contributed by atoms with van der Waals surface area (Å²) < 4.78 is 5.99. The SMILES string of the molecule is Nc1c(N)c2ccccc2c2ccccc12.O=C(C(=O)n1ccnc1)n1ccnc1.c1ccc2c(c1)c1ccccc1c1nc(-n3ccnc3)c(-n3ccnc3)nc21. The Morgan fingerprint density at radius 3 is 1.03 bits per heavy atom. The molecule has 0 bridgehead atoms. The van der Waals surface area contributed by atoms with E-state index in [0.29, 0.717) is 23.0 Å². The Hall–Kier alpha value is -8.52. The minimum absolute atomic E-state index is 0.666. The molecule has 0 saturated carbocycles. The number of imidazole rings is 4. The van der Waals surface area contributed by atoms with Crippen molar-refractivity contribution in [3.05, 3.63) is 172 Å². The summed E-state index contributed by atoms with van der Waals surface area (Å²) in [6.07, 6.45) is 18.9. The molecule has 5 heterocycles. The third kappa shape index (κ3) is 6.31. The monoisotopic (exact) mass is 760 g/mol. The zero-order valence-electron chi connectivity index (χ0n) is 30.6. The van der Waals surface area contributed by atoms with Gasteiger partial charge in [-0.2, -0.15) is 0 Å². The van der Waals surface area contributed by atoms with Gasteiger partial charge in [-0.1, -0.05) is 97.1 Å². The molecular weight excluding hydrogens is 729 g/mol. The molecule has 0 radical (unpaired) electrons. The van der Waals surface area contributed by atoms with Gasteiger partial charge in [0.25, 0.3) is 0 Å². The average Bonchev–Trinajstić information content (AvgIpc) is 4.14.